The van der Waals surface area contributed by atoms with Gasteiger partial charge in [0.05, 0.1) is 10.6 Å². The van der Waals surface area contributed by atoms with Gasteiger partial charge >= 0.3 is 0 Å². The molecular weight excluding hydrogens is 352 g/mol. The molecule has 0 spiro atoms. The zero-order chi connectivity index (χ0) is 16.8. The normalized spacial score (nSPS) is 11.4. The average molecular weight is 362 g/mol. The van der Waals surface area contributed by atoms with Gasteiger partial charge in [-0.1, -0.05) is 41.6 Å². The molecule has 5 rings (SSSR count). The zero-order valence-electron chi connectivity index (χ0n) is 12.8. The minimum atomic E-state index is -0.232. The molecule has 1 aromatic carbocycles. The maximum atomic E-state index is 12.1. The van der Waals surface area contributed by atoms with Gasteiger partial charge in [-0.2, -0.15) is 0 Å². The molecular formula is C18H10N4OS2. The molecule has 4 heterocycles. The number of H-pyrrole nitrogens is 1. The number of hydrogen-bond acceptors (Lipinski definition) is 6. The first kappa shape index (κ1) is 14.4. The summed E-state index contributed by atoms with van der Waals surface area (Å²) in [5, 5.41) is 13.2. The lowest BCUT2D eigenvalue weighted by molar-refractivity contribution is 0.876. The second kappa shape index (κ2) is 5.58. The Bertz CT molecular complexity index is 1260. The Morgan fingerprint density at radius 2 is 1.92 bits per heavy atom. The molecule has 0 aliphatic carbocycles. The smallest absolute Gasteiger partial charge is 0.266 e. The highest BCUT2D eigenvalue weighted by Crippen LogP contribution is 2.39. The van der Waals surface area contributed by atoms with Gasteiger partial charge in [-0.05, 0) is 28.6 Å². The van der Waals surface area contributed by atoms with Gasteiger partial charge in [0.2, 0.25) is 0 Å². The highest BCUT2D eigenvalue weighted by molar-refractivity contribution is 7.25. The van der Waals surface area contributed by atoms with E-state index in [0.717, 1.165) is 31.9 Å². The van der Waals surface area contributed by atoms with Crippen LogP contribution in [0.3, 0.4) is 0 Å². The van der Waals surface area contributed by atoms with E-state index in [2.05, 4.69) is 33.6 Å². The van der Waals surface area contributed by atoms with Crippen LogP contribution in [0.4, 0.5) is 0 Å². The van der Waals surface area contributed by atoms with Crippen LogP contribution in [-0.4, -0.2) is 20.4 Å². The molecule has 0 aliphatic rings. The van der Waals surface area contributed by atoms with E-state index in [1.165, 1.54) is 11.3 Å². The first-order valence-electron chi connectivity index (χ1n) is 7.59. The molecule has 120 valence electrons. The van der Waals surface area contributed by atoms with Gasteiger partial charge in [0.15, 0.2) is 0 Å². The van der Waals surface area contributed by atoms with Crippen LogP contribution >= 0.6 is 22.7 Å². The second-order valence-electron chi connectivity index (χ2n) is 5.50. The molecule has 0 fully saturated rings. The lowest BCUT2D eigenvalue weighted by Gasteiger charge is -2.06. The Morgan fingerprint density at radius 1 is 1.04 bits per heavy atom. The highest BCUT2D eigenvalue weighted by Gasteiger charge is 2.18. The van der Waals surface area contributed by atoms with E-state index in [-0.39, 0.29) is 5.56 Å². The molecule has 7 heteroatoms. The number of aromatic nitrogens is 4. The molecule has 0 atom stereocenters. The maximum absolute atomic E-state index is 12.1. The number of hydrogen-bond donors (Lipinski definition) is 1. The molecule has 1 N–H and O–H groups in total. The molecule has 25 heavy (non-hydrogen) atoms. The van der Waals surface area contributed by atoms with Crippen molar-refractivity contribution in [1.82, 2.24) is 20.4 Å². The van der Waals surface area contributed by atoms with Crippen molar-refractivity contribution in [1.29, 1.82) is 0 Å². The molecule has 5 aromatic rings. The minimum Gasteiger partial charge on any atom is -0.266 e. The van der Waals surface area contributed by atoms with E-state index in [1.807, 2.05) is 35.7 Å². The third kappa shape index (κ3) is 2.28. The van der Waals surface area contributed by atoms with Crippen molar-refractivity contribution in [3.05, 3.63) is 64.3 Å². The predicted molar refractivity (Wildman–Crippen MR) is 102 cm³/mol. The molecule has 0 radical (unpaired) electrons. The Hall–Kier alpha value is -2.90. The monoisotopic (exact) mass is 362 g/mol. The van der Waals surface area contributed by atoms with Crippen LogP contribution in [-0.2, 0) is 0 Å². The fourth-order valence-corrected chi connectivity index (χ4v) is 4.61. The number of benzene rings is 1. The van der Waals surface area contributed by atoms with Gasteiger partial charge in [-0.15, -0.1) is 27.8 Å². The van der Waals surface area contributed by atoms with Gasteiger partial charge < -0.3 is 0 Å². The van der Waals surface area contributed by atoms with Gasteiger partial charge in [-0.25, -0.2) is 10.1 Å². The zero-order valence-corrected chi connectivity index (χ0v) is 14.4. The molecule has 0 unspecified atom stereocenters. The molecule has 5 nitrogen and oxygen atoms in total. The minimum absolute atomic E-state index is 0.232. The quantitative estimate of drug-likeness (QED) is 0.507. The average Bonchev–Trinajstić information content (AvgIpc) is 3.30. The van der Waals surface area contributed by atoms with Crippen molar-refractivity contribution in [3.63, 3.8) is 0 Å². The maximum Gasteiger partial charge on any atom is 0.285 e. The van der Waals surface area contributed by atoms with Crippen LogP contribution < -0.4 is 5.56 Å². The van der Waals surface area contributed by atoms with Crippen LogP contribution in [0.1, 0.15) is 0 Å². The summed E-state index contributed by atoms with van der Waals surface area (Å²) in [6.45, 7) is 0. The molecule has 0 aliphatic heterocycles. The number of nitrogens with one attached hydrogen (secondary N) is 1. The number of rotatable bonds is 2. The molecule has 0 bridgehead atoms. The summed E-state index contributed by atoms with van der Waals surface area (Å²) in [5.74, 6) is 0. The first-order valence-corrected chi connectivity index (χ1v) is 9.29. The molecule has 0 saturated heterocycles. The Morgan fingerprint density at radius 3 is 2.72 bits per heavy atom. The second-order valence-corrected chi connectivity index (χ2v) is 7.45. The largest absolute Gasteiger partial charge is 0.285 e. The van der Waals surface area contributed by atoms with Crippen molar-refractivity contribution >= 4 is 43.1 Å². The third-order valence-corrected chi connectivity index (χ3v) is 5.97. The van der Waals surface area contributed by atoms with E-state index in [1.54, 1.807) is 11.3 Å². The molecule has 0 saturated carbocycles. The predicted octanol–water partition coefficient (Wildman–Crippen LogP) is 4.32. The SMILES string of the molecule is O=c1[nH]nnc2c1sc1nc(-c3cccs3)cc(-c3ccccc3)c12. The van der Waals surface area contributed by atoms with Crippen molar-refractivity contribution in [2.45, 2.75) is 0 Å². The Labute approximate surface area is 149 Å². The Balaban J connectivity index is 1.95. The number of pyridine rings is 1. The summed E-state index contributed by atoms with van der Waals surface area (Å²) >= 11 is 3.00. The Kier molecular flexibility index (Phi) is 3.22. The van der Waals surface area contributed by atoms with Crippen LogP contribution in [0.15, 0.2) is 58.7 Å². The summed E-state index contributed by atoms with van der Waals surface area (Å²) in [6, 6.07) is 16.2. The topological polar surface area (TPSA) is 71.5 Å². The van der Waals surface area contributed by atoms with Crippen LogP contribution in [0, 0.1) is 0 Å². The van der Waals surface area contributed by atoms with Gasteiger partial charge in [0.1, 0.15) is 15.0 Å². The number of thiophene rings is 2. The van der Waals surface area contributed by atoms with Crippen molar-refractivity contribution < 1.29 is 0 Å². The molecule has 4 aromatic heterocycles. The summed E-state index contributed by atoms with van der Waals surface area (Å²) in [4.78, 5) is 18.8. The van der Waals surface area contributed by atoms with Crippen LogP contribution in [0.25, 0.3) is 42.1 Å². The van der Waals surface area contributed by atoms with Gasteiger partial charge in [0.25, 0.3) is 5.56 Å². The molecule has 0 amide bonds. The lowest BCUT2D eigenvalue weighted by Crippen LogP contribution is -2.07. The van der Waals surface area contributed by atoms with Gasteiger partial charge in [0, 0.05) is 5.39 Å². The standard InChI is InChI=1S/C18H10N4OS2/c23-17-16-15(20-22-21-17)14-11(10-5-2-1-3-6-10)9-12(19-18(14)25-16)13-7-4-8-24-13/h1-9H,(H,20,21,23). The number of aromatic amines is 1. The fourth-order valence-electron chi connectivity index (χ4n) is 2.90. The van der Waals surface area contributed by atoms with Crippen molar-refractivity contribution in [2.75, 3.05) is 0 Å². The van der Waals surface area contributed by atoms with E-state index in [4.69, 9.17) is 4.98 Å². The van der Waals surface area contributed by atoms with E-state index in [9.17, 15) is 4.79 Å². The third-order valence-electron chi connectivity index (χ3n) is 4.00. The van der Waals surface area contributed by atoms with Gasteiger partial charge in [-0.3, -0.25) is 4.79 Å². The highest BCUT2D eigenvalue weighted by atomic mass is 32.1. The van der Waals surface area contributed by atoms with Crippen LogP contribution in [0.5, 0.6) is 0 Å². The summed E-state index contributed by atoms with van der Waals surface area (Å²) < 4.78 is 0.554. The summed E-state index contributed by atoms with van der Waals surface area (Å²) in [7, 11) is 0. The van der Waals surface area contributed by atoms with E-state index in [0.29, 0.717) is 10.2 Å². The lowest BCUT2D eigenvalue weighted by atomic mass is 10.0. The first-order chi connectivity index (χ1) is 12.3. The fraction of sp³-hybridized carbons (Fsp3) is 0. The number of fused-ring (bicyclic) bond motifs is 3. The summed E-state index contributed by atoms with van der Waals surface area (Å²) in [6.07, 6.45) is 0. The summed E-state index contributed by atoms with van der Waals surface area (Å²) in [5.41, 5.74) is 3.35. The number of nitrogens with zero attached hydrogens (tertiary/aromatic N) is 3. The van der Waals surface area contributed by atoms with Crippen molar-refractivity contribution in [3.8, 4) is 21.7 Å². The van der Waals surface area contributed by atoms with Crippen molar-refractivity contribution in [2.24, 2.45) is 0 Å². The van der Waals surface area contributed by atoms with Crippen LogP contribution in [0.2, 0.25) is 0 Å². The van der Waals surface area contributed by atoms with E-state index < -0.39 is 0 Å². The van der Waals surface area contributed by atoms with E-state index >= 15 is 0 Å².